The predicted octanol–water partition coefficient (Wildman–Crippen LogP) is 15.4. The van der Waals surface area contributed by atoms with Gasteiger partial charge in [0.1, 0.15) is 5.84 Å². The summed E-state index contributed by atoms with van der Waals surface area (Å²) in [5.74, 6) is 0.488. The second kappa shape index (κ2) is 15.6. The van der Waals surface area contributed by atoms with Crippen molar-refractivity contribution in [1.82, 2.24) is 0 Å². The number of allylic oxidation sites excluding steroid dienone is 1. The maximum Gasteiger partial charge on any atom is 0.131 e. The van der Waals surface area contributed by atoms with E-state index < -0.39 is 0 Å². The van der Waals surface area contributed by atoms with Crippen molar-refractivity contribution in [2.45, 2.75) is 25.7 Å². The van der Waals surface area contributed by atoms with Gasteiger partial charge >= 0.3 is 0 Å². The molecule has 1 aliphatic carbocycles. The first kappa shape index (κ1) is 38.1. The number of nitrogens with two attached hydrogens (primary N) is 1. The summed E-state index contributed by atoms with van der Waals surface area (Å²) < 4.78 is 0. The SMILES string of the molecule is CC1(C)c2ccccc2-c2c(-c3ccc(C/C=C(\N=C(N)c4ccccc4)c4ccc(-c5c6ccccc6c(-c6ccccc6)c6ccc7ccccc7c56)cc4)cc3)cccc21. The van der Waals surface area contributed by atoms with E-state index in [-0.39, 0.29) is 5.41 Å². The van der Waals surface area contributed by atoms with Crippen LogP contribution in [0.15, 0.2) is 223 Å². The van der Waals surface area contributed by atoms with Gasteiger partial charge in [0.2, 0.25) is 0 Å². The van der Waals surface area contributed by atoms with Crippen LogP contribution in [0.3, 0.4) is 0 Å². The van der Waals surface area contributed by atoms with Gasteiger partial charge in [-0.3, -0.25) is 0 Å². The molecular weight excluding hydrogens is 761 g/mol. The Morgan fingerprint density at radius 2 is 1.03 bits per heavy atom. The van der Waals surface area contributed by atoms with Gasteiger partial charge in [-0.05, 0) is 105 Å². The summed E-state index contributed by atoms with van der Waals surface area (Å²) in [5, 5.41) is 7.44. The summed E-state index contributed by atoms with van der Waals surface area (Å²) in [7, 11) is 0. The van der Waals surface area contributed by atoms with Crippen LogP contribution in [0.4, 0.5) is 0 Å². The Balaban J connectivity index is 0.999. The molecule has 0 aromatic heterocycles. The van der Waals surface area contributed by atoms with Crippen molar-refractivity contribution in [3.63, 3.8) is 0 Å². The Kier molecular flexibility index (Phi) is 9.43. The molecular formula is C61H46N2. The van der Waals surface area contributed by atoms with Gasteiger partial charge in [0.05, 0.1) is 5.70 Å². The van der Waals surface area contributed by atoms with Crippen molar-refractivity contribution < 1.29 is 0 Å². The lowest BCUT2D eigenvalue weighted by molar-refractivity contribution is 0.660. The van der Waals surface area contributed by atoms with E-state index in [1.807, 2.05) is 30.3 Å². The van der Waals surface area contributed by atoms with Crippen LogP contribution in [0.25, 0.3) is 82.5 Å². The smallest absolute Gasteiger partial charge is 0.131 e. The molecule has 63 heavy (non-hydrogen) atoms. The van der Waals surface area contributed by atoms with E-state index in [1.54, 1.807) is 0 Å². The zero-order valence-corrected chi connectivity index (χ0v) is 35.5. The summed E-state index contributed by atoms with van der Waals surface area (Å²) in [6, 6.07) is 76.6. The quantitative estimate of drug-likeness (QED) is 0.0706. The number of fused-ring (bicyclic) bond motifs is 7. The minimum atomic E-state index is -0.0354. The first-order valence-corrected chi connectivity index (χ1v) is 21.9. The molecule has 0 saturated carbocycles. The molecule has 0 fully saturated rings. The van der Waals surface area contributed by atoms with Crippen molar-refractivity contribution >= 4 is 43.9 Å². The van der Waals surface area contributed by atoms with E-state index in [4.69, 9.17) is 10.7 Å². The summed E-state index contributed by atoms with van der Waals surface area (Å²) in [5.41, 5.74) is 23.5. The van der Waals surface area contributed by atoms with Gasteiger partial charge in [-0.2, -0.15) is 0 Å². The third-order valence-electron chi connectivity index (χ3n) is 13.2. The van der Waals surface area contributed by atoms with Crippen LogP contribution < -0.4 is 5.73 Å². The standard InChI is InChI=1S/C61H46N2/c1-61(2)53-26-14-13-24-51(53)58-47(25-15-27-54(58)61)42-31-28-40(29-32-42)30-39-55(63-60(62)46-19-7-4-8-20-46)43-33-35-45(36-34-43)57-50-23-12-11-22-49(50)56(44-17-5-3-6-18-44)52-38-37-41-16-9-10-21-48(41)59(52)57/h3-29,31-39H,30H2,1-2H3,(H2,62,63)/b55-39-. The molecule has 2 heteroatoms. The summed E-state index contributed by atoms with van der Waals surface area (Å²) >= 11 is 0. The average molecular weight is 807 g/mol. The van der Waals surface area contributed by atoms with Crippen molar-refractivity contribution in [3.05, 3.63) is 246 Å². The largest absolute Gasteiger partial charge is 0.383 e. The number of amidine groups is 1. The number of aliphatic imine (C=N–C) groups is 1. The molecule has 0 bridgehead atoms. The van der Waals surface area contributed by atoms with Gasteiger partial charge in [0.25, 0.3) is 0 Å². The minimum Gasteiger partial charge on any atom is -0.383 e. The number of rotatable bonds is 8. The third-order valence-corrected chi connectivity index (χ3v) is 13.2. The molecule has 300 valence electrons. The summed E-state index contributed by atoms with van der Waals surface area (Å²) in [4.78, 5) is 5.12. The lowest BCUT2D eigenvalue weighted by atomic mass is 9.82. The molecule has 0 heterocycles. The third kappa shape index (κ3) is 6.63. The Bertz CT molecular complexity index is 3410. The molecule has 0 aliphatic heterocycles. The number of hydrogen-bond acceptors (Lipinski definition) is 1. The van der Waals surface area contributed by atoms with E-state index in [0.29, 0.717) is 12.3 Å². The van der Waals surface area contributed by atoms with Gasteiger partial charge in [0, 0.05) is 11.0 Å². The van der Waals surface area contributed by atoms with Crippen molar-refractivity contribution in [3.8, 4) is 44.5 Å². The van der Waals surface area contributed by atoms with Crippen LogP contribution in [0.5, 0.6) is 0 Å². The molecule has 2 nitrogen and oxygen atoms in total. The van der Waals surface area contributed by atoms with Gasteiger partial charge in [-0.15, -0.1) is 0 Å². The highest BCUT2D eigenvalue weighted by atomic mass is 14.9. The van der Waals surface area contributed by atoms with Crippen molar-refractivity contribution in [2.24, 2.45) is 10.7 Å². The monoisotopic (exact) mass is 806 g/mol. The summed E-state index contributed by atoms with van der Waals surface area (Å²) in [6.07, 6.45) is 2.92. The topological polar surface area (TPSA) is 38.4 Å². The van der Waals surface area contributed by atoms with Crippen LogP contribution in [-0.2, 0) is 11.8 Å². The molecule has 0 unspecified atom stereocenters. The fourth-order valence-corrected chi connectivity index (χ4v) is 10.0. The molecule has 10 aromatic carbocycles. The number of nitrogens with zero attached hydrogens (tertiary/aromatic N) is 1. The van der Waals surface area contributed by atoms with Crippen LogP contribution in [0.1, 0.15) is 41.7 Å². The fourth-order valence-electron chi connectivity index (χ4n) is 10.0. The van der Waals surface area contributed by atoms with Crippen LogP contribution in [0.2, 0.25) is 0 Å². The van der Waals surface area contributed by atoms with E-state index in [2.05, 4.69) is 202 Å². The van der Waals surface area contributed by atoms with E-state index in [0.717, 1.165) is 22.4 Å². The van der Waals surface area contributed by atoms with Crippen LogP contribution >= 0.6 is 0 Å². The van der Waals surface area contributed by atoms with Crippen LogP contribution in [0, 0.1) is 0 Å². The first-order chi connectivity index (χ1) is 30.9. The Morgan fingerprint density at radius 3 is 1.79 bits per heavy atom. The zero-order chi connectivity index (χ0) is 42.5. The van der Waals surface area contributed by atoms with Gasteiger partial charge in [0.15, 0.2) is 0 Å². The normalized spacial score (nSPS) is 13.4. The second-order valence-electron chi connectivity index (χ2n) is 17.2. The Labute approximate surface area is 369 Å². The molecule has 11 rings (SSSR count). The average Bonchev–Trinajstić information content (AvgIpc) is 3.58. The maximum absolute atomic E-state index is 6.75. The van der Waals surface area contributed by atoms with E-state index in [1.165, 1.54) is 88.0 Å². The molecule has 0 amide bonds. The van der Waals surface area contributed by atoms with Gasteiger partial charge in [-0.25, -0.2) is 4.99 Å². The molecule has 0 spiro atoms. The fraction of sp³-hybridized carbons (Fsp3) is 0.0656. The maximum atomic E-state index is 6.75. The second-order valence-corrected chi connectivity index (χ2v) is 17.2. The van der Waals surface area contributed by atoms with Gasteiger partial charge < -0.3 is 5.73 Å². The molecule has 10 aromatic rings. The Hall–Kier alpha value is -7.81. The molecule has 1 aliphatic rings. The molecule has 0 radical (unpaired) electrons. The highest BCUT2D eigenvalue weighted by Crippen LogP contribution is 2.52. The van der Waals surface area contributed by atoms with E-state index in [9.17, 15) is 0 Å². The van der Waals surface area contributed by atoms with E-state index >= 15 is 0 Å². The first-order valence-electron chi connectivity index (χ1n) is 21.9. The molecule has 0 atom stereocenters. The zero-order valence-electron chi connectivity index (χ0n) is 35.5. The number of hydrogen-bond donors (Lipinski definition) is 1. The van der Waals surface area contributed by atoms with Gasteiger partial charge in [-0.1, -0.05) is 232 Å². The Morgan fingerprint density at radius 1 is 0.444 bits per heavy atom. The highest BCUT2D eigenvalue weighted by Gasteiger charge is 2.36. The van der Waals surface area contributed by atoms with Crippen LogP contribution in [-0.4, -0.2) is 5.84 Å². The lowest BCUT2D eigenvalue weighted by Gasteiger charge is -2.21. The molecule has 0 saturated heterocycles. The number of benzene rings is 10. The summed E-state index contributed by atoms with van der Waals surface area (Å²) in [6.45, 7) is 4.67. The van der Waals surface area contributed by atoms with Crippen molar-refractivity contribution in [2.75, 3.05) is 0 Å². The van der Waals surface area contributed by atoms with Crippen molar-refractivity contribution in [1.29, 1.82) is 0 Å². The molecule has 2 N–H and O–H groups in total. The lowest BCUT2D eigenvalue weighted by Crippen LogP contribution is -2.14. The minimum absolute atomic E-state index is 0.0354. The predicted molar refractivity (Wildman–Crippen MR) is 268 cm³/mol. The highest BCUT2D eigenvalue weighted by molar-refractivity contribution is 6.27.